The molecule has 11 nitrogen and oxygen atoms in total. The number of carbonyl (C=O) groups excluding carboxylic acids is 2. The SMILES string of the molecule is N=C(N)c1cccc(C[C@](N)(C(=O)N2CCC[C@H]2C(=O)NCCCC(=O)O)S(=O)(=O)c2ccc3ccccc3c2)c1. The zero-order valence-corrected chi connectivity index (χ0v) is 23.2. The Hall–Kier alpha value is -4.29. The molecule has 3 aromatic carbocycles. The van der Waals surface area contributed by atoms with Gasteiger partial charge in [-0.25, -0.2) is 8.42 Å². The Morgan fingerprint density at radius 1 is 1.05 bits per heavy atom. The van der Waals surface area contributed by atoms with Gasteiger partial charge in [-0.2, -0.15) is 0 Å². The predicted molar refractivity (Wildman–Crippen MR) is 154 cm³/mol. The minimum absolute atomic E-state index is 0.102. The van der Waals surface area contributed by atoms with Crippen molar-refractivity contribution in [2.75, 3.05) is 13.1 Å². The van der Waals surface area contributed by atoms with Gasteiger partial charge in [0.05, 0.1) is 4.90 Å². The van der Waals surface area contributed by atoms with Gasteiger partial charge in [0.2, 0.25) is 20.6 Å². The Kier molecular flexibility index (Phi) is 8.74. The Labute approximate surface area is 237 Å². The van der Waals surface area contributed by atoms with Gasteiger partial charge in [0.1, 0.15) is 11.9 Å². The molecule has 2 atom stereocenters. The van der Waals surface area contributed by atoms with Gasteiger partial charge in [0, 0.05) is 31.5 Å². The largest absolute Gasteiger partial charge is 0.481 e. The van der Waals surface area contributed by atoms with Crippen LogP contribution in [-0.4, -0.2) is 66.0 Å². The average molecular weight is 580 g/mol. The summed E-state index contributed by atoms with van der Waals surface area (Å²) in [6, 6.07) is 17.1. The normalized spacial score (nSPS) is 16.7. The van der Waals surface area contributed by atoms with Crippen LogP contribution in [0.5, 0.6) is 0 Å². The molecule has 1 saturated heterocycles. The van der Waals surface area contributed by atoms with Crippen LogP contribution in [0.1, 0.15) is 36.8 Å². The van der Waals surface area contributed by atoms with Gasteiger partial charge in [-0.05, 0) is 53.8 Å². The number of aliphatic carboxylic acids is 1. The number of fused-ring (bicyclic) bond motifs is 1. The summed E-state index contributed by atoms with van der Waals surface area (Å²) in [6.07, 6.45) is 0.438. The number of hydrogen-bond donors (Lipinski definition) is 5. The third-order valence-corrected chi connectivity index (χ3v) is 9.41. The van der Waals surface area contributed by atoms with Gasteiger partial charge in [0.15, 0.2) is 0 Å². The topological polar surface area (TPSA) is 197 Å². The van der Waals surface area contributed by atoms with E-state index < -0.39 is 45.0 Å². The van der Waals surface area contributed by atoms with Crippen LogP contribution in [-0.2, 0) is 30.6 Å². The van der Waals surface area contributed by atoms with E-state index in [4.69, 9.17) is 22.0 Å². The van der Waals surface area contributed by atoms with E-state index in [0.717, 1.165) is 5.39 Å². The third kappa shape index (κ3) is 6.23. The smallest absolute Gasteiger partial charge is 0.303 e. The van der Waals surface area contributed by atoms with Crippen molar-refractivity contribution in [2.45, 2.75) is 47.9 Å². The number of nitrogen functional groups attached to an aromatic ring is 1. The molecule has 3 aromatic rings. The molecule has 0 spiro atoms. The highest BCUT2D eigenvalue weighted by molar-refractivity contribution is 7.93. The van der Waals surface area contributed by atoms with Crippen molar-refractivity contribution < 1.29 is 27.9 Å². The average Bonchev–Trinajstić information content (AvgIpc) is 3.44. The molecule has 4 rings (SSSR count). The van der Waals surface area contributed by atoms with Crippen molar-refractivity contribution in [3.63, 3.8) is 0 Å². The highest BCUT2D eigenvalue weighted by atomic mass is 32.2. The number of hydrogen-bond acceptors (Lipinski definition) is 7. The monoisotopic (exact) mass is 579 g/mol. The number of carboxylic acids is 1. The number of amidine groups is 1. The molecule has 0 radical (unpaired) electrons. The van der Waals surface area contributed by atoms with E-state index in [1.807, 2.05) is 12.1 Å². The molecule has 2 amide bonds. The number of nitrogens with zero attached hydrogens (tertiary/aromatic N) is 1. The molecule has 0 bridgehead atoms. The van der Waals surface area contributed by atoms with Crippen molar-refractivity contribution in [3.05, 3.63) is 77.9 Å². The molecule has 0 saturated carbocycles. The summed E-state index contributed by atoms with van der Waals surface area (Å²) in [7, 11) is -4.53. The summed E-state index contributed by atoms with van der Waals surface area (Å²) in [5.41, 5.74) is 13.1. The maximum atomic E-state index is 14.3. The lowest BCUT2D eigenvalue weighted by molar-refractivity contribution is -0.140. The van der Waals surface area contributed by atoms with Crippen molar-refractivity contribution in [1.82, 2.24) is 10.2 Å². The second-order valence-corrected chi connectivity index (χ2v) is 12.3. The molecular weight excluding hydrogens is 546 g/mol. The van der Waals surface area contributed by atoms with Crippen molar-refractivity contribution in [1.29, 1.82) is 5.41 Å². The van der Waals surface area contributed by atoms with Crippen molar-refractivity contribution >= 4 is 44.2 Å². The Bertz CT molecular complexity index is 1610. The first-order valence-electron chi connectivity index (χ1n) is 13.2. The fourth-order valence-electron chi connectivity index (χ4n) is 5.08. The molecule has 1 aliphatic heterocycles. The second kappa shape index (κ2) is 12.1. The fraction of sp³-hybridized carbons (Fsp3) is 0.310. The Morgan fingerprint density at radius 3 is 2.49 bits per heavy atom. The summed E-state index contributed by atoms with van der Waals surface area (Å²) in [5, 5.41) is 20.7. The maximum absolute atomic E-state index is 14.3. The molecule has 0 unspecified atom stereocenters. The van der Waals surface area contributed by atoms with E-state index in [1.165, 1.54) is 23.1 Å². The van der Waals surface area contributed by atoms with E-state index in [-0.39, 0.29) is 36.7 Å². The first kappa shape index (κ1) is 29.7. The Morgan fingerprint density at radius 2 is 1.78 bits per heavy atom. The zero-order valence-electron chi connectivity index (χ0n) is 22.4. The van der Waals surface area contributed by atoms with Crippen LogP contribution >= 0.6 is 0 Å². The predicted octanol–water partition coefficient (Wildman–Crippen LogP) is 1.77. The number of carbonyl (C=O) groups is 3. The van der Waals surface area contributed by atoms with Crippen LogP contribution in [0, 0.1) is 5.41 Å². The first-order valence-corrected chi connectivity index (χ1v) is 14.7. The standard InChI is InChI=1S/C29H33N5O6S/c30-26(31)22-9-3-6-19(16-22)18-29(32,41(39,40)23-13-12-20-7-1-2-8-21(20)17-23)28(38)34-15-5-10-24(34)27(37)33-14-4-11-25(35)36/h1-3,6-9,12-13,16-17,24H,4-5,10-11,14-15,18,32H2,(H3,30,31)(H,33,37)(H,35,36)/t24-,29+/m0/s1. The molecule has 0 aromatic heterocycles. The molecule has 1 aliphatic rings. The summed E-state index contributed by atoms with van der Waals surface area (Å²) in [5.74, 6) is -2.62. The van der Waals surface area contributed by atoms with Gasteiger partial charge < -0.3 is 26.8 Å². The number of carboxylic acid groups (broad SMARTS) is 1. The quantitative estimate of drug-likeness (QED) is 0.129. The molecular formula is C29H33N5O6S. The highest BCUT2D eigenvalue weighted by Gasteiger charge is 2.52. The van der Waals surface area contributed by atoms with Crippen LogP contribution < -0.4 is 16.8 Å². The van der Waals surface area contributed by atoms with E-state index in [9.17, 15) is 22.8 Å². The van der Waals surface area contributed by atoms with Crippen LogP contribution in [0.2, 0.25) is 0 Å². The van der Waals surface area contributed by atoms with Gasteiger partial charge in [-0.1, -0.05) is 48.5 Å². The summed E-state index contributed by atoms with van der Waals surface area (Å²) in [4.78, 5) is 36.6. The fourth-order valence-corrected chi connectivity index (χ4v) is 6.73. The lowest BCUT2D eigenvalue weighted by atomic mass is 10.0. The number of sulfone groups is 1. The Balaban J connectivity index is 1.72. The second-order valence-electron chi connectivity index (χ2n) is 10.1. The van der Waals surface area contributed by atoms with Crippen LogP contribution in [0.3, 0.4) is 0 Å². The van der Waals surface area contributed by atoms with Gasteiger partial charge in [-0.3, -0.25) is 19.8 Å². The van der Waals surface area contributed by atoms with Crippen LogP contribution in [0.15, 0.2) is 71.6 Å². The number of rotatable bonds is 11. The molecule has 216 valence electrons. The van der Waals surface area contributed by atoms with E-state index >= 15 is 0 Å². The van der Waals surface area contributed by atoms with Gasteiger partial charge in [-0.15, -0.1) is 0 Å². The van der Waals surface area contributed by atoms with Crippen molar-refractivity contribution in [2.24, 2.45) is 11.5 Å². The van der Waals surface area contributed by atoms with E-state index in [0.29, 0.717) is 29.4 Å². The van der Waals surface area contributed by atoms with Crippen LogP contribution in [0.4, 0.5) is 0 Å². The summed E-state index contributed by atoms with van der Waals surface area (Å²) >= 11 is 0. The minimum atomic E-state index is -4.53. The summed E-state index contributed by atoms with van der Waals surface area (Å²) < 4.78 is 28.5. The molecule has 1 fully saturated rings. The number of nitrogens with two attached hydrogens (primary N) is 2. The van der Waals surface area contributed by atoms with Gasteiger partial charge in [0.25, 0.3) is 5.91 Å². The van der Waals surface area contributed by atoms with Crippen molar-refractivity contribution in [3.8, 4) is 0 Å². The highest BCUT2D eigenvalue weighted by Crippen LogP contribution is 2.32. The van der Waals surface area contributed by atoms with E-state index in [1.54, 1.807) is 36.4 Å². The molecule has 12 heteroatoms. The molecule has 7 N–H and O–H groups in total. The molecule has 1 heterocycles. The zero-order chi connectivity index (χ0) is 29.8. The number of nitrogens with one attached hydrogen (secondary N) is 2. The van der Waals surface area contributed by atoms with Crippen LogP contribution in [0.25, 0.3) is 10.8 Å². The number of benzene rings is 3. The number of amides is 2. The van der Waals surface area contributed by atoms with Gasteiger partial charge >= 0.3 is 5.97 Å². The lowest BCUT2D eigenvalue weighted by Crippen LogP contribution is -2.63. The first-order chi connectivity index (χ1) is 19.4. The third-order valence-electron chi connectivity index (χ3n) is 7.26. The lowest BCUT2D eigenvalue weighted by Gasteiger charge is -2.34. The van der Waals surface area contributed by atoms with E-state index in [2.05, 4.69) is 5.32 Å². The minimum Gasteiger partial charge on any atom is -0.481 e. The maximum Gasteiger partial charge on any atom is 0.303 e. The number of likely N-dealkylation sites (tertiary alicyclic amines) is 1. The molecule has 41 heavy (non-hydrogen) atoms. The molecule has 0 aliphatic carbocycles. The summed E-state index contributed by atoms with van der Waals surface area (Å²) in [6.45, 7) is 0.233.